The van der Waals surface area contributed by atoms with Gasteiger partial charge in [0.15, 0.2) is 0 Å². The quantitative estimate of drug-likeness (QED) is 0.705. The van der Waals surface area contributed by atoms with E-state index in [1.165, 1.54) is 0 Å². The molecule has 0 rings (SSSR count). The summed E-state index contributed by atoms with van der Waals surface area (Å²) in [5.41, 5.74) is -0.665. The van der Waals surface area contributed by atoms with Gasteiger partial charge < -0.3 is 10.0 Å². The SMILES string of the molecule is CCC(O)(CC)CN(C)CC(=O)N(C)C. The molecule has 4 nitrogen and oxygen atoms in total. The second-order valence-corrected chi connectivity index (χ2v) is 4.39. The van der Waals surface area contributed by atoms with Crippen molar-refractivity contribution in [2.75, 3.05) is 34.2 Å². The summed E-state index contributed by atoms with van der Waals surface area (Å²) >= 11 is 0. The first-order valence-electron chi connectivity index (χ1n) is 5.45. The molecule has 0 aromatic rings. The maximum atomic E-state index is 11.4. The van der Waals surface area contributed by atoms with Crippen molar-refractivity contribution in [3.8, 4) is 0 Å². The zero-order chi connectivity index (χ0) is 12.1. The molecule has 0 unspecified atom stereocenters. The Bertz CT molecular complexity index is 201. The Morgan fingerprint density at radius 3 is 2.00 bits per heavy atom. The van der Waals surface area contributed by atoms with Crippen LogP contribution in [0.25, 0.3) is 0 Å². The molecule has 0 aromatic carbocycles. The predicted octanol–water partition coefficient (Wildman–Crippen LogP) is 0.557. The van der Waals surface area contributed by atoms with Crippen molar-refractivity contribution in [3.05, 3.63) is 0 Å². The number of amides is 1. The molecule has 0 atom stereocenters. The van der Waals surface area contributed by atoms with Gasteiger partial charge in [-0.1, -0.05) is 13.8 Å². The van der Waals surface area contributed by atoms with Gasteiger partial charge >= 0.3 is 0 Å². The van der Waals surface area contributed by atoms with E-state index < -0.39 is 5.60 Å². The van der Waals surface area contributed by atoms with Crippen LogP contribution < -0.4 is 0 Å². The highest BCUT2D eigenvalue weighted by atomic mass is 16.3. The van der Waals surface area contributed by atoms with Crippen LogP contribution in [-0.2, 0) is 4.79 Å². The highest BCUT2D eigenvalue weighted by Crippen LogP contribution is 2.15. The molecule has 0 aliphatic rings. The average Bonchev–Trinajstić information content (AvgIpc) is 2.17. The van der Waals surface area contributed by atoms with Crippen molar-refractivity contribution in [1.82, 2.24) is 9.80 Å². The lowest BCUT2D eigenvalue weighted by Gasteiger charge is -2.30. The summed E-state index contributed by atoms with van der Waals surface area (Å²) in [6.07, 6.45) is 1.42. The van der Waals surface area contributed by atoms with E-state index in [0.717, 1.165) is 0 Å². The zero-order valence-corrected chi connectivity index (χ0v) is 10.6. The molecule has 0 saturated carbocycles. The number of likely N-dealkylation sites (N-methyl/N-ethyl adjacent to an activating group) is 2. The minimum atomic E-state index is -0.665. The lowest BCUT2D eigenvalue weighted by molar-refractivity contribution is -0.130. The van der Waals surface area contributed by atoms with Gasteiger partial charge in [0.25, 0.3) is 0 Å². The van der Waals surface area contributed by atoms with Gasteiger partial charge in [-0.05, 0) is 19.9 Å². The fourth-order valence-electron chi connectivity index (χ4n) is 1.40. The van der Waals surface area contributed by atoms with Crippen LogP contribution >= 0.6 is 0 Å². The maximum Gasteiger partial charge on any atom is 0.236 e. The van der Waals surface area contributed by atoms with Gasteiger partial charge in [-0.3, -0.25) is 9.69 Å². The van der Waals surface area contributed by atoms with E-state index in [9.17, 15) is 9.90 Å². The minimum Gasteiger partial charge on any atom is -0.389 e. The minimum absolute atomic E-state index is 0.0621. The third-order valence-corrected chi connectivity index (χ3v) is 2.78. The molecule has 0 saturated heterocycles. The largest absolute Gasteiger partial charge is 0.389 e. The van der Waals surface area contributed by atoms with Crippen molar-refractivity contribution in [2.45, 2.75) is 32.3 Å². The molecule has 0 heterocycles. The first-order valence-corrected chi connectivity index (χ1v) is 5.45. The number of hydrogen-bond acceptors (Lipinski definition) is 3. The summed E-state index contributed by atoms with van der Waals surface area (Å²) in [7, 11) is 5.34. The Hall–Kier alpha value is -0.610. The van der Waals surface area contributed by atoms with E-state index in [2.05, 4.69) is 0 Å². The standard InChI is InChI=1S/C11H24N2O2/c1-6-11(15,7-2)9-13(5)8-10(14)12(3)4/h15H,6-9H2,1-5H3. The summed E-state index contributed by atoms with van der Waals surface area (Å²) in [5.74, 6) is 0.0621. The third kappa shape index (κ3) is 5.14. The van der Waals surface area contributed by atoms with Crippen LogP contribution in [0.15, 0.2) is 0 Å². The van der Waals surface area contributed by atoms with Crippen LogP contribution in [0.5, 0.6) is 0 Å². The molecule has 0 aromatic heterocycles. The number of carbonyl (C=O) groups excluding carboxylic acids is 1. The molecular formula is C11H24N2O2. The van der Waals surface area contributed by atoms with E-state index in [1.54, 1.807) is 19.0 Å². The van der Waals surface area contributed by atoms with Gasteiger partial charge in [-0.2, -0.15) is 0 Å². The molecular weight excluding hydrogens is 192 g/mol. The number of carbonyl (C=O) groups is 1. The fraction of sp³-hybridized carbons (Fsp3) is 0.909. The molecule has 15 heavy (non-hydrogen) atoms. The van der Waals surface area contributed by atoms with E-state index in [0.29, 0.717) is 25.9 Å². The monoisotopic (exact) mass is 216 g/mol. The number of hydrogen-bond donors (Lipinski definition) is 1. The van der Waals surface area contributed by atoms with Crippen molar-refractivity contribution >= 4 is 5.91 Å². The van der Waals surface area contributed by atoms with Gasteiger partial charge in [-0.15, -0.1) is 0 Å². The lowest BCUT2D eigenvalue weighted by Crippen LogP contribution is -2.44. The Kier molecular flexibility index (Phi) is 5.83. The maximum absolute atomic E-state index is 11.4. The van der Waals surface area contributed by atoms with Gasteiger partial charge in [-0.25, -0.2) is 0 Å². The van der Waals surface area contributed by atoms with Crippen LogP contribution in [0.4, 0.5) is 0 Å². The van der Waals surface area contributed by atoms with Crippen LogP contribution in [0.2, 0.25) is 0 Å². The molecule has 0 bridgehead atoms. The Labute approximate surface area is 92.9 Å². The topological polar surface area (TPSA) is 43.8 Å². The molecule has 0 aliphatic heterocycles. The zero-order valence-electron chi connectivity index (χ0n) is 10.6. The lowest BCUT2D eigenvalue weighted by atomic mass is 9.97. The average molecular weight is 216 g/mol. The second-order valence-electron chi connectivity index (χ2n) is 4.39. The van der Waals surface area contributed by atoms with Crippen molar-refractivity contribution in [2.24, 2.45) is 0 Å². The summed E-state index contributed by atoms with van der Waals surface area (Å²) in [4.78, 5) is 14.9. The highest BCUT2D eigenvalue weighted by molar-refractivity contribution is 5.77. The third-order valence-electron chi connectivity index (χ3n) is 2.78. The fourth-order valence-corrected chi connectivity index (χ4v) is 1.40. The summed E-state index contributed by atoms with van der Waals surface area (Å²) < 4.78 is 0. The molecule has 90 valence electrons. The van der Waals surface area contributed by atoms with E-state index in [-0.39, 0.29) is 5.91 Å². The van der Waals surface area contributed by atoms with Crippen LogP contribution in [0, 0.1) is 0 Å². The molecule has 0 spiro atoms. The smallest absolute Gasteiger partial charge is 0.236 e. The number of nitrogens with zero attached hydrogens (tertiary/aromatic N) is 2. The van der Waals surface area contributed by atoms with E-state index in [4.69, 9.17) is 0 Å². The molecule has 4 heteroatoms. The summed E-state index contributed by atoms with van der Waals surface area (Å²) in [5, 5.41) is 10.1. The molecule has 0 fully saturated rings. The Morgan fingerprint density at radius 1 is 1.20 bits per heavy atom. The van der Waals surface area contributed by atoms with Gasteiger partial charge in [0.05, 0.1) is 12.1 Å². The second kappa shape index (κ2) is 6.08. The van der Waals surface area contributed by atoms with Gasteiger partial charge in [0.2, 0.25) is 5.91 Å². The number of aliphatic hydroxyl groups is 1. The van der Waals surface area contributed by atoms with E-state index in [1.807, 2.05) is 25.8 Å². The van der Waals surface area contributed by atoms with Crippen molar-refractivity contribution in [3.63, 3.8) is 0 Å². The summed E-state index contributed by atoms with van der Waals surface area (Å²) in [6.45, 7) is 4.82. The predicted molar refractivity (Wildman–Crippen MR) is 61.7 cm³/mol. The van der Waals surface area contributed by atoms with Crippen LogP contribution in [0.3, 0.4) is 0 Å². The Balaban J connectivity index is 4.13. The van der Waals surface area contributed by atoms with Crippen LogP contribution in [-0.4, -0.2) is 60.6 Å². The Morgan fingerprint density at radius 2 is 1.67 bits per heavy atom. The normalized spacial score (nSPS) is 11.9. The van der Waals surface area contributed by atoms with E-state index >= 15 is 0 Å². The number of rotatable bonds is 6. The van der Waals surface area contributed by atoms with Gasteiger partial charge in [0, 0.05) is 20.6 Å². The first-order chi connectivity index (χ1) is 6.84. The molecule has 1 N–H and O–H groups in total. The molecule has 1 amide bonds. The molecule has 0 aliphatic carbocycles. The first kappa shape index (κ1) is 14.4. The van der Waals surface area contributed by atoms with Crippen molar-refractivity contribution in [1.29, 1.82) is 0 Å². The van der Waals surface area contributed by atoms with Gasteiger partial charge in [0.1, 0.15) is 0 Å². The van der Waals surface area contributed by atoms with Crippen LogP contribution in [0.1, 0.15) is 26.7 Å². The summed E-state index contributed by atoms with van der Waals surface area (Å²) in [6, 6.07) is 0. The highest BCUT2D eigenvalue weighted by Gasteiger charge is 2.24. The van der Waals surface area contributed by atoms with Crippen molar-refractivity contribution < 1.29 is 9.90 Å². The molecule has 0 radical (unpaired) electrons.